The summed E-state index contributed by atoms with van der Waals surface area (Å²) in [6.45, 7) is -1.18. The number of rotatable bonds is 2. The van der Waals surface area contributed by atoms with Gasteiger partial charge in [0.05, 0.1) is 9.89 Å². The summed E-state index contributed by atoms with van der Waals surface area (Å²) in [5.74, 6) is -6.08. The summed E-state index contributed by atoms with van der Waals surface area (Å²) >= 11 is 2.93. The van der Waals surface area contributed by atoms with Crippen molar-refractivity contribution in [2.75, 3.05) is 13.1 Å². The van der Waals surface area contributed by atoms with Crippen LogP contribution in [0.15, 0.2) is 16.6 Å². The Hall–Kier alpha value is -1.57. The molecular weight excluding hydrogens is 355 g/mol. The molecule has 0 bridgehead atoms. The topological polar surface area (TPSA) is 57.6 Å². The quantitative estimate of drug-likeness (QED) is 0.877. The molecule has 8 heteroatoms. The minimum absolute atomic E-state index is 0.00260. The van der Waals surface area contributed by atoms with Crippen molar-refractivity contribution in [2.24, 2.45) is 0 Å². The van der Waals surface area contributed by atoms with Gasteiger partial charge in [0.1, 0.15) is 12.4 Å². The highest BCUT2D eigenvalue weighted by Gasteiger charge is 2.75. The van der Waals surface area contributed by atoms with Crippen LogP contribution >= 0.6 is 15.9 Å². The lowest BCUT2D eigenvalue weighted by atomic mass is 9.85. The van der Waals surface area contributed by atoms with Gasteiger partial charge >= 0.3 is 5.97 Å². The van der Waals surface area contributed by atoms with E-state index in [-0.39, 0.29) is 15.6 Å². The number of carbonyl (C=O) groups is 2. The Morgan fingerprint density at radius 3 is 2.57 bits per heavy atom. The largest absolute Gasteiger partial charge is 0.480 e. The van der Waals surface area contributed by atoms with Crippen molar-refractivity contribution in [1.29, 1.82) is 0 Å². The summed E-state index contributed by atoms with van der Waals surface area (Å²) in [6, 6.07) is 2.50. The molecule has 3 rings (SSSR count). The number of carboxylic acid groups (broad SMARTS) is 1. The molecule has 0 aromatic heterocycles. The van der Waals surface area contributed by atoms with E-state index in [9.17, 15) is 22.8 Å². The smallest absolute Gasteiger partial charge is 0.323 e. The van der Waals surface area contributed by atoms with Crippen LogP contribution in [0.1, 0.15) is 22.3 Å². The summed E-state index contributed by atoms with van der Waals surface area (Å²) in [5.41, 5.74) is -2.33. The molecule has 112 valence electrons. The first kappa shape index (κ1) is 14.4. The Kier molecular flexibility index (Phi) is 2.89. The third-order valence-electron chi connectivity index (χ3n) is 3.98. The Labute approximate surface area is 125 Å². The van der Waals surface area contributed by atoms with Crippen molar-refractivity contribution in [3.8, 4) is 0 Å². The Balaban J connectivity index is 2.17. The molecule has 1 unspecified atom stereocenters. The predicted molar refractivity (Wildman–Crippen MR) is 68.9 cm³/mol. The maximum absolute atomic E-state index is 14.3. The number of amides is 1. The third kappa shape index (κ3) is 1.88. The molecule has 1 atom stereocenters. The first-order chi connectivity index (χ1) is 9.69. The molecule has 1 amide bonds. The molecule has 1 aliphatic carbocycles. The van der Waals surface area contributed by atoms with E-state index in [0.717, 1.165) is 4.90 Å². The minimum Gasteiger partial charge on any atom is -0.480 e. The zero-order chi connectivity index (χ0) is 15.6. The Morgan fingerprint density at radius 1 is 1.43 bits per heavy atom. The number of aliphatic carboxylic acids is 1. The predicted octanol–water partition coefficient (Wildman–Crippen LogP) is 2.41. The van der Waals surface area contributed by atoms with Gasteiger partial charge in [-0.25, -0.2) is 13.2 Å². The lowest BCUT2D eigenvalue weighted by molar-refractivity contribution is -0.138. The van der Waals surface area contributed by atoms with Crippen LogP contribution in [0.3, 0.4) is 0 Å². The van der Waals surface area contributed by atoms with Gasteiger partial charge in [-0.1, -0.05) is 0 Å². The van der Waals surface area contributed by atoms with Gasteiger partial charge in [-0.05, 0) is 28.1 Å². The lowest BCUT2D eigenvalue weighted by Gasteiger charge is -2.34. The van der Waals surface area contributed by atoms with Crippen LogP contribution < -0.4 is 0 Å². The third-order valence-corrected chi connectivity index (χ3v) is 4.59. The van der Waals surface area contributed by atoms with Crippen LogP contribution in [0.2, 0.25) is 0 Å². The molecule has 0 saturated heterocycles. The molecule has 1 aliphatic heterocycles. The van der Waals surface area contributed by atoms with E-state index >= 15 is 0 Å². The van der Waals surface area contributed by atoms with Gasteiger partial charge in [0.15, 0.2) is 0 Å². The Morgan fingerprint density at radius 2 is 2.05 bits per heavy atom. The number of halogens is 4. The fourth-order valence-electron chi connectivity index (χ4n) is 2.91. The van der Waals surface area contributed by atoms with Crippen molar-refractivity contribution in [2.45, 2.75) is 17.8 Å². The molecular formula is C13H9BrF3NO3. The van der Waals surface area contributed by atoms with E-state index in [1.165, 1.54) is 12.1 Å². The van der Waals surface area contributed by atoms with Gasteiger partial charge < -0.3 is 10.0 Å². The SMILES string of the molecule is O=C(O)CN1CC2(CC2(F)F)c2c(ccc(Br)c2F)C1=O. The van der Waals surface area contributed by atoms with E-state index in [0.29, 0.717) is 0 Å². The van der Waals surface area contributed by atoms with Crippen molar-refractivity contribution in [3.63, 3.8) is 0 Å². The number of carboxylic acids is 1. The zero-order valence-corrected chi connectivity index (χ0v) is 12.1. The zero-order valence-electron chi connectivity index (χ0n) is 10.5. The molecule has 0 radical (unpaired) electrons. The molecule has 1 aromatic carbocycles. The van der Waals surface area contributed by atoms with E-state index in [2.05, 4.69) is 15.9 Å². The first-order valence-electron chi connectivity index (χ1n) is 6.07. The van der Waals surface area contributed by atoms with Gasteiger partial charge in [-0.3, -0.25) is 9.59 Å². The van der Waals surface area contributed by atoms with Crippen LogP contribution in [0.4, 0.5) is 13.2 Å². The second-order valence-electron chi connectivity index (χ2n) is 5.30. The standard InChI is InChI=1S/C13H9BrF3NO3/c14-7-2-1-6-9(10(7)15)12(4-13(12,16)17)5-18(11(6)21)3-8(19)20/h1-2H,3-5H2,(H,19,20). The molecule has 1 N–H and O–H groups in total. The molecule has 1 saturated carbocycles. The van der Waals surface area contributed by atoms with Crippen LogP contribution in [0.5, 0.6) is 0 Å². The highest BCUT2D eigenvalue weighted by Crippen LogP contribution is 2.64. The van der Waals surface area contributed by atoms with E-state index in [4.69, 9.17) is 5.11 Å². The van der Waals surface area contributed by atoms with E-state index in [1.54, 1.807) is 0 Å². The van der Waals surface area contributed by atoms with Crippen LogP contribution in [-0.4, -0.2) is 40.9 Å². The summed E-state index contributed by atoms with van der Waals surface area (Å²) in [5, 5.41) is 8.79. The number of hydrogen-bond acceptors (Lipinski definition) is 2. The minimum atomic E-state index is -3.15. The number of alkyl halides is 2. The maximum atomic E-state index is 14.3. The van der Waals surface area contributed by atoms with Crippen molar-refractivity contribution in [1.82, 2.24) is 4.90 Å². The highest BCUT2D eigenvalue weighted by atomic mass is 79.9. The number of fused-ring (bicyclic) bond motifs is 2. The van der Waals surface area contributed by atoms with Crippen LogP contribution in [0.25, 0.3) is 0 Å². The van der Waals surface area contributed by atoms with Gasteiger partial charge in [0.25, 0.3) is 11.8 Å². The maximum Gasteiger partial charge on any atom is 0.323 e. The average Bonchev–Trinajstić information content (AvgIpc) is 2.90. The molecule has 1 fully saturated rings. The number of benzene rings is 1. The number of carbonyl (C=O) groups excluding carboxylic acids is 1. The normalized spacial score (nSPS) is 25.9. The highest BCUT2D eigenvalue weighted by molar-refractivity contribution is 9.10. The Bertz CT molecular complexity index is 679. The monoisotopic (exact) mass is 363 g/mol. The second kappa shape index (κ2) is 4.22. The van der Waals surface area contributed by atoms with Crippen molar-refractivity contribution < 1.29 is 27.9 Å². The van der Waals surface area contributed by atoms with E-state index in [1.807, 2.05) is 0 Å². The van der Waals surface area contributed by atoms with Crippen LogP contribution in [-0.2, 0) is 10.2 Å². The molecule has 2 aliphatic rings. The average molecular weight is 364 g/mol. The fraction of sp³-hybridized carbons (Fsp3) is 0.385. The first-order valence-corrected chi connectivity index (χ1v) is 6.86. The summed E-state index contributed by atoms with van der Waals surface area (Å²) in [7, 11) is 0. The molecule has 4 nitrogen and oxygen atoms in total. The van der Waals surface area contributed by atoms with Crippen molar-refractivity contribution >= 4 is 27.8 Å². The number of nitrogens with zero attached hydrogens (tertiary/aromatic N) is 1. The van der Waals surface area contributed by atoms with Gasteiger partial charge in [-0.15, -0.1) is 0 Å². The summed E-state index contributed by atoms with van der Waals surface area (Å²) < 4.78 is 41.9. The molecule has 1 aromatic rings. The van der Waals surface area contributed by atoms with Gasteiger partial charge in [-0.2, -0.15) is 0 Å². The van der Waals surface area contributed by atoms with Crippen LogP contribution in [0, 0.1) is 5.82 Å². The van der Waals surface area contributed by atoms with Gasteiger partial charge in [0, 0.05) is 24.1 Å². The lowest BCUT2D eigenvalue weighted by Crippen LogP contribution is -2.48. The summed E-state index contributed by atoms with van der Waals surface area (Å²) in [6.07, 6.45) is -0.593. The fourth-order valence-corrected chi connectivity index (χ4v) is 3.24. The van der Waals surface area contributed by atoms with Gasteiger partial charge in [0.2, 0.25) is 0 Å². The molecule has 21 heavy (non-hydrogen) atoms. The summed E-state index contributed by atoms with van der Waals surface area (Å²) in [4.78, 5) is 23.8. The second-order valence-corrected chi connectivity index (χ2v) is 6.16. The van der Waals surface area contributed by atoms with E-state index < -0.39 is 48.5 Å². The molecule has 1 heterocycles. The molecule has 1 spiro atoms. The van der Waals surface area contributed by atoms with Crippen molar-refractivity contribution in [3.05, 3.63) is 33.5 Å². The number of hydrogen-bond donors (Lipinski definition) is 1.